The van der Waals surface area contributed by atoms with Crippen LogP contribution in [-0.2, 0) is 22.7 Å². The van der Waals surface area contributed by atoms with Crippen LogP contribution < -0.4 is 15.0 Å². The molecule has 1 aromatic heterocycles. The van der Waals surface area contributed by atoms with Gasteiger partial charge in [-0.15, -0.1) is 16.8 Å². The van der Waals surface area contributed by atoms with Crippen molar-refractivity contribution < 1.29 is 14.3 Å². The second-order valence-electron chi connectivity index (χ2n) is 8.30. The van der Waals surface area contributed by atoms with Crippen LogP contribution in [0.1, 0.15) is 18.3 Å². The molecule has 0 radical (unpaired) electrons. The highest BCUT2D eigenvalue weighted by atomic mass is 32.2. The zero-order valence-electron chi connectivity index (χ0n) is 20.1. The van der Waals surface area contributed by atoms with E-state index in [4.69, 9.17) is 9.47 Å². The van der Waals surface area contributed by atoms with Crippen LogP contribution in [0.3, 0.4) is 0 Å². The Morgan fingerprint density at radius 1 is 1.23 bits per heavy atom. The Labute approximate surface area is 210 Å². The van der Waals surface area contributed by atoms with E-state index in [9.17, 15) is 4.79 Å². The Hall–Kier alpha value is -3.30. The molecule has 1 atom stereocenters. The van der Waals surface area contributed by atoms with Crippen molar-refractivity contribution in [2.24, 2.45) is 0 Å². The Bertz CT molecular complexity index is 1140. The molecular formula is C26H31N5O3S. The summed E-state index contributed by atoms with van der Waals surface area (Å²) in [4.78, 5) is 15.1. The van der Waals surface area contributed by atoms with Crippen molar-refractivity contribution >= 4 is 29.0 Å². The summed E-state index contributed by atoms with van der Waals surface area (Å²) in [6.45, 7) is 11.8. The van der Waals surface area contributed by atoms with E-state index >= 15 is 0 Å². The average molecular weight is 494 g/mol. The predicted octanol–water partition coefficient (Wildman–Crippen LogP) is 4.31. The van der Waals surface area contributed by atoms with E-state index in [2.05, 4.69) is 27.0 Å². The molecule has 1 unspecified atom stereocenters. The van der Waals surface area contributed by atoms with E-state index in [0.717, 1.165) is 49.0 Å². The van der Waals surface area contributed by atoms with Crippen molar-refractivity contribution in [3.8, 4) is 5.75 Å². The Morgan fingerprint density at radius 3 is 2.71 bits per heavy atom. The van der Waals surface area contributed by atoms with E-state index in [1.165, 1.54) is 11.8 Å². The third-order valence-corrected chi connectivity index (χ3v) is 6.71. The molecule has 9 heteroatoms. The number of amides is 1. The lowest BCUT2D eigenvalue weighted by molar-refractivity contribution is -0.115. The van der Waals surface area contributed by atoms with Gasteiger partial charge in [0.25, 0.3) is 0 Å². The van der Waals surface area contributed by atoms with Gasteiger partial charge in [0, 0.05) is 31.0 Å². The van der Waals surface area contributed by atoms with Crippen LogP contribution in [-0.4, -0.2) is 52.2 Å². The van der Waals surface area contributed by atoms with Crippen LogP contribution in [0.2, 0.25) is 0 Å². The number of aromatic nitrogens is 3. The number of benzene rings is 2. The molecule has 2 heterocycles. The van der Waals surface area contributed by atoms with Crippen molar-refractivity contribution in [3.63, 3.8) is 0 Å². The molecule has 4 rings (SSSR count). The van der Waals surface area contributed by atoms with Gasteiger partial charge in [0.1, 0.15) is 12.4 Å². The number of ether oxygens (including phenoxy) is 2. The standard InChI is InChI=1S/C26H31N5O3S/c1-4-12-31-24(18-34-23-7-5-6-19(2)17-23)28-29-26(31)35-20(3)25(32)27-21-8-10-22(11-9-21)30-13-15-33-16-14-30/h4-11,17,20H,1,12-16,18H2,2-3H3,(H,27,32). The van der Waals surface area contributed by atoms with Gasteiger partial charge in [0.05, 0.1) is 18.5 Å². The quantitative estimate of drug-likeness (QED) is 0.333. The first kappa shape index (κ1) is 24.8. The number of rotatable bonds is 10. The molecule has 1 aliphatic heterocycles. The van der Waals surface area contributed by atoms with Crippen LogP contribution in [0.4, 0.5) is 11.4 Å². The summed E-state index contributed by atoms with van der Waals surface area (Å²) in [5, 5.41) is 11.9. The fraction of sp³-hybridized carbons (Fsp3) is 0.346. The Morgan fingerprint density at radius 2 is 2.00 bits per heavy atom. The maximum absolute atomic E-state index is 12.9. The minimum Gasteiger partial charge on any atom is -0.486 e. The second kappa shape index (κ2) is 11.9. The van der Waals surface area contributed by atoms with Crippen molar-refractivity contribution in [2.45, 2.75) is 37.4 Å². The number of carbonyl (C=O) groups is 1. The zero-order chi connectivity index (χ0) is 24.6. The molecule has 0 spiro atoms. The van der Waals surface area contributed by atoms with E-state index in [1.807, 2.05) is 66.9 Å². The van der Waals surface area contributed by atoms with Crippen LogP contribution >= 0.6 is 11.8 Å². The smallest absolute Gasteiger partial charge is 0.237 e. The zero-order valence-corrected chi connectivity index (χ0v) is 21.0. The number of nitrogens with one attached hydrogen (secondary N) is 1. The molecule has 1 fully saturated rings. The van der Waals surface area contributed by atoms with E-state index in [-0.39, 0.29) is 17.8 Å². The first-order chi connectivity index (χ1) is 17.0. The van der Waals surface area contributed by atoms with Crippen LogP contribution in [0.25, 0.3) is 0 Å². The normalized spacial score (nSPS) is 14.4. The highest BCUT2D eigenvalue weighted by Gasteiger charge is 2.20. The summed E-state index contributed by atoms with van der Waals surface area (Å²) >= 11 is 1.36. The van der Waals surface area contributed by atoms with Gasteiger partial charge in [-0.25, -0.2) is 0 Å². The van der Waals surface area contributed by atoms with Gasteiger partial charge in [-0.1, -0.05) is 30.0 Å². The molecule has 1 amide bonds. The number of carbonyl (C=O) groups excluding carboxylic acids is 1. The van der Waals surface area contributed by atoms with Gasteiger partial charge in [-0.2, -0.15) is 0 Å². The van der Waals surface area contributed by atoms with Gasteiger partial charge in [0.15, 0.2) is 11.0 Å². The fourth-order valence-electron chi connectivity index (χ4n) is 3.71. The first-order valence-electron chi connectivity index (χ1n) is 11.7. The summed E-state index contributed by atoms with van der Waals surface area (Å²) in [6, 6.07) is 15.8. The minimum atomic E-state index is -0.368. The minimum absolute atomic E-state index is 0.0974. The van der Waals surface area contributed by atoms with Crippen molar-refractivity contribution in [1.82, 2.24) is 14.8 Å². The third-order valence-electron chi connectivity index (χ3n) is 5.63. The van der Waals surface area contributed by atoms with Crippen LogP contribution in [0.5, 0.6) is 5.75 Å². The number of thioether (sulfide) groups is 1. The molecule has 3 aromatic rings. The summed E-state index contributed by atoms with van der Waals surface area (Å²) in [5.41, 5.74) is 3.02. The lowest BCUT2D eigenvalue weighted by Crippen LogP contribution is -2.36. The maximum Gasteiger partial charge on any atom is 0.237 e. The van der Waals surface area contributed by atoms with Crippen molar-refractivity contribution in [3.05, 3.63) is 72.6 Å². The molecule has 1 N–H and O–H groups in total. The molecule has 0 bridgehead atoms. The molecule has 0 aliphatic carbocycles. The van der Waals surface area contributed by atoms with Crippen molar-refractivity contribution in [2.75, 3.05) is 36.5 Å². The maximum atomic E-state index is 12.9. The average Bonchev–Trinajstić information content (AvgIpc) is 3.25. The Balaban J connectivity index is 1.36. The number of hydrogen-bond acceptors (Lipinski definition) is 7. The molecule has 2 aromatic carbocycles. The highest BCUT2D eigenvalue weighted by Crippen LogP contribution is 2.25. The molecule has 8 nitrogen and oxygen atoms in total. The summed E-state index contributed by atoms with van der Waals surface area (Å²) < 4.78 is 13.2. The third kappa shape index (κ3) is 6.64. The van der Waals surface area contributed by atoms with Crippen molar-refractivity contribution in [1.29, 1.82) is 0 Å². The highest BCUT2D eigenvalue weighted by molar-refractivity contribution is 8.00. The number of hydrogen-bond donors (Lipinski definition) is 1. The van der Waals surface area contributed by atoms with E-state index in [0.29, 0.717) is 17.5 Å². The topological polar surface area (TPSA) is 81.5 Å². The number of aryl methyl sites for hydroxylation is 1. The van der Waals surface area contributed by atoms with E-state index < -0.39 is 0 Å². The molecule has 1 saturated heterocycles. The van der Waals surface area contributed by atoms with Gasteiger partial charge in [-0.3, -0.25) is 9.36 Å². The summed E-state index contributed by atoms with van der Waals surface area (Å²) in [5.74, 6) is 1.36. The number of morpholine rings is 1. The van der Waals surface area contributed by atoms with Gasteiger partial charge in [0.2, 0.25) is 5.91 Å². The fourth-order valence-corrected chi connectivity index (χ4v) is 4.59. The van der Waals surface area contributed by atoms with E-state index in [1.54, 1.807) is 6.08 Å². The number of nitrogens with zero attached hydrogens (tertiary/aromatic N) is 4. The molecule has 35 heavy (non-hydrogen) atoms. The monoisotopic (exact) mass is 493 g/mol. The number of allylic oxidation sites excluding steroid dienone is 1. The molecular weight excluding hydrogens is 462 g/mol. The molecule has 1 aliphatic rings. The summed E-state index contributed by atoms with van der Waals surface area (Å²) in [7, 11) is 0. The van der Waals surface area contributed by atoms with Gasteiger partial charge < -0.3 is 19.7 Å². The largest absolute Gasteiger partial charge is 0.486 e. The summed E-state index contributed by atoms with van der Waals surface area (Å²) in [6.07, 6.45) is 1.78. The van der Waals surface area contributed by atoms with Gasteiger partial charge >= 0.3 is 0 Å². The first-order valence-corrected chi connectivity index (χ1v) is 12.5. The Kier molecular flexibility index (Phi) is 8.44. The SMILES string of the molecule is C=CCn1c(COc2cccc(C)c2)nnc1SC(C)C(=O)Nc1ccc(N2CCOCC2)cc1. The van der Waals surface area contributed by atoms with Crippen LogP contribution in [0.15, 0.2) is 66.3 Å². The molecule has 0 saturated carbocycles. The number of anilines is 2. The van der Waals surface area contributed by atoms with Gasteiger partial charge in [-0.05, 0) is 55.8 Å². The lowest BCUT2D eigenvalue weighted by atomic mass is 10.2. The van der Waals surface area contributed by atoms with Crippen LogP contribution in [0, 0.1) is 6.92 Å². The molecule has 184 valence electrons. The lowest BCUT2D eigenvalue weighted by Gasteiger charge is -2.28. The predicted molar refractivity (Wildman–Crippen MR) is 139 cm³/mol. The second-order valence-corrected chi connectivity index (χ2v) is 9.61.